The molecule has 0 radical (unpaired) electrons. The zero-order valence-electron chi connectivity index (χ0n) is 16.5. The van der Waals surface area contributed by atoms with Gasteiger partial charge in [-0.25, -0.2) is 0 Å². The number of nitrogens with zero attached hydrogens (tertiary/aromatic N) is 1. The van der Waals surface area contributed by atoms with Crippen LogP contribution < -0.4 is 14.8 Å². The Hall–Kier alpha value is -2.50. The van der Waals surface area contributed by atoms with E-state index in [0.29, 0.717) is 29.2 Å². The van der Waals surface area contributed by atoms with Crippen molar-refractivity contribution in [2.24, 2.45) is 0 Å². The fourth-order valence-corrected chi connectivity index (χ4v) is 3.54. The fraction of sp³-hybridized carbons (Fsp3) is 0.524. The summed E-state index contributed by atoms with van der Waals surface area (Å²) in [5.74, 6) is 1.81. The number of amides is 1. The first-order valence-electron chi connectivity index (χ1n) is 9.64. The first-order valence-corrected chi connectivity index (χ1v) is 9.64. The third-order valence-electron chi connectivity index (χ3n) is 5.13. The molecule has 1 aliphatic carbocycles. The highest BCUT2D eigenvalue weighted by Gasteiger charge is 2.22. The molecule has 1 saturated carbocycles. The molecule has 1 amide bonds. The maximum Gasteiger partial charge on any atom is 0.257 e. The first kappa shape index (κ1) is 19.3. The largest absolute Gasteiger partial charge is 0.493 e. The summed E-state index contributed by atoms with van der Waals surface area (Å²) in [5, 5.41) is 6.97. The van der Waals surface area contributed by atoms with Gasteiger partial charge in [-0.2, -0.15) is 0 Å². The third kappa shape index (κ3) is 4.26. The van der Waals surface area contributed by atoms with Crippen molar-refractivity contribution in [3.8, 4) is 11.5 Å². The topological polar surface area (TPSA) is 73.6 Å². The minimum absolute atomic E-state index is 0.177. The zero-order chi connectivity index (χ0) is 19.4. The Kier molecular flexibility index (Phi) is 6.04. The monoisotopic (exact) mass is 372 g/mol. The summed E-state index contributed by atoms with van der Waals surface area (Å²) in [6.45, 7) is 5.65. The van der Waals surface area contributed by atoms with E-state index in [1.807, 2.05) is 32.0 Å². The Labute approximate surface area is 160 Å². The summed E-state index contributed by atoms with van der Waals surface area (Å²) in [6, 6.07) is 5.64. The first-order chi connectivity index (χ1) is 13.0. The third-order valence-corrected chi connectivity index (χ3v) is 5.13. The molecular formula is C21H28N2O4. The molecule has 0 saturated heterocycles. The summed E-state index contributed by atoms with van der Waals surface area (Å²) >= 11 is 0. The van der Waals surface area contributed by atoms with E-state index >= 15 is 0 Å². The molecule has 0 aliphatic heterocycles. The quantitative estimate of drug-likeness (QED) is 0.781. The molecule has 6 heteroatoms. The molecule has 1 heterocycles. The molecule has 1 N–H and O–H groups in total. The highest BCUT2D eigenvalue weighted by molar-refractivity contribution is 5.96. The molecule has 1 atom stereocenters. The summed E-state index contributed by atoms with van der Waals surface area (Å²) in [5.41, 5.74) is 2.15. The number of methoxy groups -OCH3 is 1. The number of ether oxygens (including phenoxy) is 2. The van der Waals surface area contributed by atoms with E-state index in [-0.39, 0.29) is 18.1 Å². The van der Waals surface area contributed by atoms with Gasteiger partial charge < -0.3 is 19.3 Å². The summed E-state index contributed by atoms with van der Waals surface area (Å²) in [6.07, 6.45) is 5.54. The molecule has 6 nitrogen and oxygen atoms in total. The lowest BCUT2D eigenvalue weighted by molar-refractivity contribution is 0.0937. The van der Waals surface area contributed by atoms with Crippen molar-refractivity contribution in [1.82, 2.24) is 10.5 Å². The average Bonchev–Trinajstić information content (AvgIpc) is 3.31. The van der Waals surface area contributed by atoms with Gasteiger partial charge in [-0.15, -0.1) is 0 Å². The van der Waals surface area contributed by atoms with Gasteiger partial charge in [-0.05, 0) is 63.6 Å². The molecule has 1 aromatic carbocycles. The molecule has 1 fully saturated rings. The number of aryl methyl sites for hydroxylation is 2. The van der Waals surface area contributed by atoms with Gasteiger partial charge in [-0.3, -0.25) is 4.79 Å². The van der Waals surface area contributed by atoms with Crippen LogP contribution in [0.1, 0.15) is 72.9 Å². The van der Waals surface area contributed by atoms with Crippen molar-refractivity contribution in [2.45, 2.75) is 65.0 Å². The minimum atomic E-state index is -0.189. The van der Waals surface area contributed by atoms with E-state index < -0.39 is 0 Å². The highest BCUT2D eigenvalue weighted by atomic mass is 16.5. The lowest BCUT2D eigenvalue weighted by Crippen LogP contribution is -2.27. The van der Waals surface area contributed by atoms with Crippen molar-refractivity contribution in [3.05, 3.63) is 40.8 Å². The molecule has 2 aromatic rings. The second-order valence-corrected chi connectivity index (χ2v) is 7.04. The Morgan fingerprint density at radius 1 is 1.33 bits per heavy atom. The van der Waals surface area contributed by atoms with E-state index in [1.165, 1.54) is 12.8 Å². The van der Waals surface area contributed by atoms with Crippen LogP contribution in [0.4, 0.5) is 0 Å². The van der Waals surface area contributed by atoms with Gasteiger partial charge in [0.2, 0.25) is 0 Å². The van der Waals surface area contributed by atoms with Gasteiger partial charge in [0.1, 0.15) is 11.3 Å². The molecule has 0 bridgehead atoms. The van der Waals surface area contributed by atoms with Crippen LogP contribution in [0.5, 0.6) is 11.5 Å². The number of hydrogen-bond acceptors (Lipinski definition) is 5. The number of carbonyl (C=O) groups excluding carboxylic acids is 1. The average molecular weight is 372 g/mol. The molecule has 0 spiro atoms. The summed E-state index contributed by atoms with van der Waals surface area (Å²) in [7, 11) is 1.64. The van der Waals surface area contributed by atoms with E-state index in [2.05, 4.69) is 10.5 Å². The summed E-state index contributed by atoms with van der Waals surface area (Å²) < 4.78 is 16.8. The predicted molar refractivity (Wildman–Crippen MR) is 102 cm³/mol. The van der Waals surface area contributed by atoms with Gasteiger partial charge >= 0.3 is 0 Å². The van der Waals surface area contributed by atoms with Crippen LogP contribution in [0.25, 0.3) is 0 Å². The van der Waals surface area contributed by atoms with Crippen molar-refractivity contribution < 1.29 is 18.8 Å². The van der Waals surface area contributed by atoms with Crippen molar-refractivity contribution in [2.75, 3.05) is 7.11 Å². The predicted octanol–water partition coefficient (Wildman–Crippen LogP) is 4.37. The van der Waals surface area contributed by atoms with Gasteiger partial charge in [0.15, 0.2) is 11.5 Å². The SMILES string of the molecule is CCc1noc(C)c1C(=O)NC(C)c1ccc(OC2CCCC2)c(OC)c1. The Balaban J connectivity index is 1.73. The minimum Gasteiger partial charge on any atom is -0.493 e. The zero-order valence-corrected chi connectivity index (χ0v) is 16.5. The van der Waals surface area contributed by atoms with E-state index in [1.54, 1.807) is 14.0 Å². The van der Waals surface area contributed by atoms with Crippen LogP contribution in [-0.2, 0) is 6.42 Å². The summed E-state index contributed by atoms with van der Waals surface area (Å²) in [4.78, 5) is 12.7. The van der Waals surface area contributed by atoms with E-state index in [9.17, 15) is 4.79 Å². The number of aromatic nitrogens is 1. The Morgan fingerprint density at radius 3 is 2.74 bits per heavy atom. The fourth-order valence-electron chi connectivity index (χ4n) is 3.54. The van der Waals surface area contributed by atoms with Crippen LogP contribution in [0.3, 0.4) is 0 Å². The number of nitrogens with one attached hydrogen (secondary N) is 1. The normalized spacial score (nSPS) is 15.6. The Bertz CT molecular complexity index is 793. The van der Waals surface area contributed by atoms with Crippen molar-refractivity contribution >= 4 is 5.91 Å². The molecule has 1 aliphatic rings. The van der Waals surface area contributed by atoms with Crippen LogP contribution in [0.2, 0.25) is 0 Å². The molecule has 1 unspecified atom stereocenters. The van der Waals surface area contributed by atoms with Crippen molar-refractivity contribution in [1.29, 1.82) is 0 Å². The molecular weight excluding hydrogens is 344 g/mol. The van der Waals surface area contributed by atoms with Gasteiger partial charge in [0.05, 0.1) is 24.9 Å². The van der Waals surface area contributed by atoms with Gasteiger partial charge in [-0.1, -0.05) is 18.1 Å². The van der Waals surface area contributed by atoms with Gasteiger partial charge in [0.25, 0.3) is 5.91 Å². The van der Waals surface area contributed by atoms with Crippen LogP contribution in [0.15, 0.2) is 22.7 Å². The molecule has 146 valence electrons. The van der Waals surface area contributed by atoms with Crippen LogP contribution in [0, 0.1) is 6.92 Å². The van der Waals surface area contributed by atoms with Crippen LogP contribution in [-0.4, -0.2) is 24.3 Å². The standard InChI is InChI=1S/C21H28N2O4/c1-5-17-20(14(3)27-23-17)21(24)22-13(2)15-10-11-18(19(12-15)25-4)26-16-8-6-7-9-16/h10-13,16H,5-9H2,1-4H3,(H,22,24). The van der Waals surface area contributed by atoms with Gasteiger partial charge in [0, 0.05) is 0 Å². The maximum atomic E-state index is 12.7. The number of rotatable bonds is 7. The van der Waals surface area contributed by atoms with E-state index in [0.717, 1.165) is 24.2 Å². The molecule has 1 aromatic heterocycles. The molecule has 3 rings (SSSR count). The number of benzene rings is 1. The number of hydrogen-bond donors (Lipinski definition) is 1. The molecule has 27 heavy (non-hydrogen) atoms. The van der Waals surface area contributed by atoms with Crippen molar-refractivity contribution in [3.63, 3.8) is 0 Å². The second-order valence-electron chi connectivity index (χ2n) is 7.04. The smallest absolute Gasteiger partial charge is 0.257 e. The lowest BCUT2D eigenvalue weighted by Gasteiger charge is -2.19. The maximum absolute atomic E-state index is 12.7. The number of carbonyl (C=O) groups is 1. The lowest BCUT2D eigenvalue weighted by atomic mass is 10.1. The van der Waals surface area contributed by atoms with Crippen LogP contribution >= 0.6 is 0 Å². The van der Waals surface area contributed by atoms with E-state index in [4.69, 9.17) is 14.0 Å². The Morgan fingerprint density at radius 2 is 2.07 bits per heavy atom. The highest BCUT2D eigenvalue weighted by Crippen LogP contribution is 2.33. The second kappa shape index (κ2) is 8.46.